The molecule has 0 bridgehead atoms. The summed E-state index contributed by atoms with van der Waals surface area (Å²) < 4.78 is 15.7. The second-order valence-electron chi connectivity index (χ2n) is 5.72. The molecule has 6 heteroatoms. The van der Waals surface area contributed by atoms with Crippen LogP contribution in [0.15, 0.2) is 54.7 Å². The summed E-state index contributed by atoms with van der Waals surface area (Å²) >= 11 is 0. The molecule has 0 aliphatic rings. The van der Waals surface area contributed by atoms with E-state index < -0.39 is 5.97 Å². The normalized spacial score (nSPS) is 10.4. The van der Waals surface area contributed by atoms with Crippen molar-refractivity contribution >= 4 is 22.5 Å². The number of ether oxygens (including phenoxy) is 3. The Morgan fingerprint density at radius 2 is 1.81 bits per heavy atom. The van der Waals surface area contributed by atoms with Gasteiger partial charge in [-0.15, -0.1) is 0 Å². The molecule has 0 aliphatic heterocycles. The maximum Gasteiger partial charge on any atom is 0.344 e. The highest BCUT2D eigenvalue weighted by molar-refractivity contribution is 6.02. The number of Topliss-reactive ketones (excluding diaryl/α,β-unsaturated/α-hetero) is 1. The van der Waals surface area contributed by atoms with Crippen LogP contribution in [0.4, 0.5) is 0 Å². The third-order valence-electron chi connectivity index (χ3n) is 3.98. The predicted molar refractivity (Wildman–Crippen MR) is 101 cm³/mol. The SMILES string of the molecule is CCOc1ncccc1C(=O)OCC(=O)c1ccc2cc(OC)ccc2c1. The lowest BCUT2D eigenvalue weighted by atomic mass is 10.0. The highest BCUT2D eigenvalue weighted by atomic mass is 16.5. The van der Waals surface area contributed by atoms with E-state index >= 15 is 0 Å². The Hall–Kier alpha value is -3.41. The van der Waals surface area contributed by atoms with E-state index in [2.05, 4.69) is 4.98 Å². The molecule has 0 N–H and O–H groups in total. The Bertz CT molecular complexity index is 983. The minimum absolute atomic E-state index is 0.192. The van der Waals surface area contributed by atoms with Gasteiger partial charge in [0.05, 0.1) is 13.7 Å². The number of fused-ring (bicyclic) bond motifs is 1. The van der Waals surface area contributed by atoms with E-state index in [0.29, 0.717) is 12.2 Å². The van der Waals surface area contributed by atoms with E-state index in [1.54, 1.807) is 38.3 Å². The Morgan fingerprint density at radius 1 is 1.04 bits per heavy atom. The fourth-order valence-electron chi connectivity index (χ4n) is 2.61. The smallest absolute Gasteiger partial charge is 0.344 e. The number of aromatic nitrogens is 1. The van der Waals surface area contributed by atoms with Gasteiger partial charge >= 0.3 is 5.97 Å². The van der Waals surface area contributed by atoms with Gasteiger partial charge in [0.25, 0.3) is 0 Å². The summed E-state index contributed by atoms with van der Waals surface area (Å²) in [5.41, 5.74) is 0.662. The van der Waals surface area contributed by atoms with Gasteiger partial charge in [0.15, 0.2) is 12.4 Å². The molecule has 0 atom stereocenters. The molecule has 2 aromatic carbocycles. The number of ketones is 1. The van der Waals surface area contributed by atoms with Gasteiger partial charge in [0.1, 0.15) is 11.3 Å². The number of carbonyl (C=O) groups is 2. The van der Waals surface area contributed by atoms with Gasteiger partial charge in [0, 0.05) is 11.8 Å². The first-order chi connectivity index (χ1) is 13.1. The summed E-state index contributed by atoms with van der Waals surface area (Å²) in [5, 5.41) is 1.86. The zero-order valence-electron chi connectivity index (χ0n) is 15.1. The number of rotatable bonds is 7. The number of hydrogen-bond donors (Lipinski definition) is 0. The van der Waals surface area contributed by atoms with E-state index in [1.165, 1.54) is 6.20 Å². The molecule has 0 amide bonds. The first kappa shape index (κ1) is 18.4. The van der Waals surface area contributed by atoms with E-state index in [-0.39, 0.29) is 23.8 Å². The van der Waals surface area contributed by atoms with Crippen LogP contribution in [0.1, 0.15) is 27.6 Å². The van der Waals surface area contributed by atoms with Crippen molar-refractivity contribution in [2.75, 3.05) is 20.3 Å². The second kappa shape index (κ2) is 8.31. The van der Waals surface area contributed by atoms with Gasteiger partial charge in [-0.05, 0) is 48.0 Å². The number of hydrogen-bond acceptors (Lipinski definition) is 6. The summed E-state index contributed by atoms with van der Waals surface area (Å²) in [6, 6.07) is 14.1. The number of carbonyl (C=O) groups excluding carboxylic acids is 2. The number of esters is 1. The lowest BCUT2D eigenvalue weighted by molar-refractivity contribution is 0.0470. The van der Waals surface area contributed by atoms with E-state index in [0.717, 1.165) is 16.5 Å². The molecule has 3 aromatic rings. The van der Waals surface area contributed by atoms with E-state index in [4.69, 9.17) is 14.2 Å². The molecule has 3 rings (SSSR count). The van der Waals surface area contributed by atoms with Crippen LogP contribution in [-0.2, 0) is 4.74 Å². The summed E-state index contributed by atoms with van der Waals surface area (Å²) in [5.74, 6) is 0.00234. The molecule has 0 spiro atoms. The van der Waals surface area contributed by atoms with Gasteiger partial charge in [-0.25, -0.2) is 9.78 Å². The lowest BCUT2D eigenvalue weighted by Gasteiger charge is -2.09. The van der Waals surface area contributed by atoms with Gasteiger partial charge in [-0.2, -0.15) is 0 Å². The quantitative estimate of drug-likeness (QED) is 0.470. The van der Waals surface area contributed by atoms with Gasteiger partial charge in [0.2, 0.25) is 5.88 Å². The Balaban J connectivity index is 1.70. The molecule has 0 unspecified atom stereocenters. The lowest BCUT2D eigenvalue weighted by Crippen LogP contribution is -2.15. The van der Waals surface area contributed by atoms with Crippen LogP contribution in [0.2, 0.25) is 0 Å². The first-order valence-electron chi connectivity index (χ1n) is 8.48. The predicted octanol–water partition coefficient (Wildman–Crippen LogP) is 3.68. The summed E-state index contributed by atoms with van der Waals surface area (Å²) in [7, 11) is 1.60. The standard InChI is InChI=1S/C21H19NO5/c1-3-26-20-18(5-4-10-22-20)21(24)27-13-19(23)16-7-6-15-12-17(25-2)9-8-14(15)11-16/h4-12H,3,13H2,1-2H3. The fourth-order valence-corrected chi connectivity index (χ4v) is 2.61. The largest absolute Gasteiger partial charge is 0.497 e. The van der Waals surface area contributed by atoms with Gasteiger partial charge in [-0.1, -0.05) is 18.2 Å². The van der Waals surface area contributed by atoms with Crippen molar-refractivity contribution in [3.63, 3.8) is 0 Å². The van der Waals surface area contributed by atoms with E-state index in [1.807, 2.05) is 24.3 Å². The minimum atomic E-state index is -0.648. The van der Waals surface area contributed by atoms with Crippen molar-refractivity contribution in [3.05, 3.63) is 65.9 Å². The highest BCUT2D eigenvalue weighted by Gasteiger charge is 2.17. The average molecular weight is 365 g/mol. The third-order valence-corrected chi connectivity index (χ3v) is 3.98. The van der Waals surface area contributed by atoms with Crippen LogP contribution >= 0.6 is 0 Å². The number of pyridine rings is 1. The van der Waals surface area contributed by atoms with E-state index in [9.17, 15) is 9.59 Å². The van der Waals surface area contributed by atoms with Crippen molar-refractivity contribution in [2.24, 2.45) is 0 Å². The fraction of sp³-hybridized carbons (Fsp3) is 0.190. The van der Waals surface area contributed by atoms with Crippen molar-refractivity contribution in [1.29, 1.82) is 0 Å². The Kier molecular flexibility index (Phi) is 5.66. The molecule has 0 saturated carbocycles. The van der Waals surface area contributed by atoms with Gasteiger partial charge < -0.3 is 14.2 Å². The van der Waals surface area contributed by atoms with Crippen LogP contribution in [0.25, 0.3) is 10.8 Å². The Labute approximate surface area is 156 Å². The first-order valence-corrected chi connectivity index (χ1v) is 8.48. The van der Waals surface area contributed by atoms with Crippen molar-refractivity contribution in [3.8, 4) is 11.6 Å². The van der Waals surface area contributed by atoms with Crippen molar-refractivity contribution in [2.45, 2.75) is 6.92 Å². The number of benzene rings is 2. The van der Waals surface area contributed by atoms with Crippen LogP contribution < -0.4 is 9.47 Å². The molecular weight excluding hydrogens is 346 g/mol. The molecule has 0 radical (unpaired) electrons. The molecule has 0 saturated heterocycles. The molecule has 1 aromatic heterocycles. The summed E-state index contributed by atoms with van der Waals surface area (Å²) in [6.07, 6.45) is 1.52. The zero-order chi connectivity index (χ0) is 19.2. The molecule has 0 fully saturated rings. The second-order valence-corrected chi connectivity index (χ2v) is 5.72. The zero-order valence-corrected chi connectivity index (χ0v) is 15.1. The molecule has 138 valence electrons. The number of methoxy groups -OCH3 is 1. The summed E-state index contributed by atoms with van der Waals surface area (Å²) in [6.45, 7) is 1.81. The minimum Gasteiger partial charge on any atom is -0.497 e. The van der Waals surface area contributed by atoms with Crippen LogP contribution in [-0.4, -0.2) is 37.1 Å². The molecular formula is C21H19NO5. The third kappa shape index (κ3) is 4.23. The maximum atomic E-state index is 12.4. The topological polar surface area (TPSA) is 74.7 Å². The van der Waals surface area contributed by atoms with Crippen LogP contribution in [0.3, 0.4) is 0 Å². The maximum absolute atomic E-state index is 12.4. The highest BCUT2D eigenvalue weighted by Crippen LogP contribution is 2.22. The molecule has 0 aliphatic carbocycles. The molecule has 6 nitrogen and oxygen atoms in total. The molecule has 1 heterocycles. The van der Waals surface area contributed by atoms with Crippen LogP contribution in [0, 0.1) is 0 Å². The monoisotopic (exact) mass is 365 g/mol. The van der Waals surface area contributed by atoms with Gasteiger partial charge in [-0.3, -0.25) is 4.79 Å². The number of nitrogens with zero attached hydrogens (tertiary/aromatic N) is 1. The van der Waals surface area contributed by atoms with Crippen molar-refractivity contribution < 1.29 is 23.8 Å². The van der Waals surface area contributed by atoms with Crippen LogP contribution in [0.5, 0.6) is 11.6 Å². The average Bonchev–Trinajstić information content (AvgIpc) is 2.71. The Morgan fingerprint density at radius 3 is 2.59 bits per heavy atom. The summed E-state index contributed by atoms with van der Waals surface area (Å²) in [4.78, 5) is 28.7. The van der Waals surface area contributed by atoms with Crippen molar-refractivity contribution in [1.82, 2.24) is 4.98 Å². The molecule has 27 heavy (non-hydrogen) atoms.